The first-order chi connectivity index (χ1) is 28.5. The molecule has 3 amide bonds. The number of carbonyl (C=O) groups excluding carboxylic acids is 4. The number of methoxy groups -OCH3 is 1. The van der Waals surface area contributed by atoms with Gasteiger partial charge in [-0.2, -0.15) is 0 Å². The summed E-state index contributed by atoms with van der Waals surface area (Å²) in [6.45, 7) is 11.0. The Labute approximate surface area is 348 Å². The van der Waals surface area contributed by atoms with E-state index < -0.39 is 62.6 Å². The van der Waals surface area contributed by atoms with Crippen LogP contribution in [0.2, 0.25) is 19.1 Å². The Bertz CT molecular complexity index is 2450. The van der Waals surface area contributed by atoms with Gasteiger partial charge in [-0.3, -0.25) is 14.4 Å². The molecule has 3 heterocycles. The van der Waals surface area contributed by atoms with E-state index in [2.05, 4.69) is 38.7 Å². The maximum Gasteiger partial charge on any atom is 0.407 e. The van der Waals surface area contributed by atoms with Crippen LogP contribution in [0.25, 0.3) is 44.2 Å². The first-order valence-corrected chi connectivity index (χ1v) is 23.9. The van der Waals surface area contributed by atoms with Crippen LogP contribution in [0.4, 0.5) is 13.6 Å². The van der Waals surface area contributed by atoms with Crippen LogP contribution in [0, 0.1) is 23.6 Å². The number of nitrogens with zero attached hydrogens (tertiary/aromatic N) is 3. The van der Waals surface area contributed by atoms with Crippen LogP contribution in [0.15, 0.2) is 54.7 Å². The third-order valence-electron chi connectivity index (χ3n) is 12.0. The molecule has 16 heteroatoms. The molecule has 5 N–H and O–H groups in total. The molecule has 0 spiro atoms. The summed E-state index contributed by atoms with van der Waals surface area (Å²) in [5.74, 6) is -2.13. The third kappa shape index (κ3) is 8.44. The van der Waals surface area contributed by atoms with Crippen LogP contribution in [0.1, 0.15) is 64.1 Å². The third-order valence-corrected chi connectivity index (χ3v) is 14.7. The Morgan fingerprint density at radius 2 is 1.68 bits per heavy atom. The number of alkyl carbamates (subject to hydrolysis) is 1. The van der Waals surface area contributed by atoms with Crippen molar-refractivity contribution >= 4 is 53.6 Å². The SMILES string of the molecule is COC(=O)N[C@H](C(=O)N1C[Si](C)(C)C[C@H]1c1ncc(-c2ccc(-c3ccc4c(ccc5nc([C@@H]6C[C@@H](F)CC6C(=O)[C@@H](NC(=O)CO)C(C)C)[nH]c54)c3)c(F)c2)[nH]1)C(C)C. The zero-order valence-electron chi connectivity index (χ0n) is 34.9. The van der Waals surface area contributed by atoms with Gasteiger partial charge in [0.25, 0.3) is 0 Å². The number of H-pyrrole nitrogens is 2. The van der Waals surface area contributed by atoms with Gasteiger partial charge in [-0.25, -0.2) is 23.5 Å². The molecular weight excluding hydrogens is 789 g/mol. The molecule has 1 aliphatic heterocycles. The average molecular weight is 842 g/mol. The minimum absolute atomic E-state index is 0.0190. The molecule has 3 aromatic carbocycles. The van der Waals surface area contributed by atoms with Crippen molar-refractivity contribution in [3.05, 3.63) is 72.2 Å². The van der Waals surface area contributed by atoms with Gasteiger partial charge in [0.2, 0.25) is 11.8 Å². The predicted octanol–water partition coefficient (Wildman–Crippen LogP) is 6.96. The van der Waals surface area contributed by atoms with Gasteiger partial charge in [0.15, 0.2) is 5.78 Å². The van der Waals surface area contributed by atoms with Gasteiger partial charge in [-0.1, -0.05) is 71.1 Å². The number of alkyl halides is 1. The van der Waals surface area contributed by atoms with Crippen molar-refractivity contribution in [2.75, 3.05) is 19.9 Å². The highest BCUT2D eigenvalue weighted by Gasteiger charge is 2.46. The van der Waals surface area contributed by atoms with E-state index in [0.717, 1.165) is 22.3 Å². The fourth-order valence-corrected chi connectivity index (χ4v) is 11.9. The van der Waals surface area contributed by atoms with E-state index in [1.807, 2.05) is 55.1 Å². The lowest BCUT2D eigenvalue weighted by Crippen LogP contribution is -2.52. The monoisotopic (exact) mass is 841 g/mol. The molecule has 7 rings (SSSR count). The number of nitrogens with one attached hydrogen (secondary N) is 4. The number of hydrogen-bond acceptors (Lipinski definition) is 8. The zero-order valence-corrected chi connectivity index (χ0v) is 35.9. The summed E-state index contributed by atoms with van der Waals surface area (Å²) in [6, 6.07) is 13.2. The molecule has 2 aromatic heterocycles. The first-order valence-electron chi connectivity index (χ1n) is 20.5. The number of aromatic nitrogens is 4. The van der Waals surface area contributed by atoms with Gasteiger partial charge >= 0.3 is 6.09 Å². The fourth-order valence-electron chi connectivity index (χ4n) is 8.97. The second-order valence-corrected chi connectivity index (χ2v) is 22.8. The molecule has 5 aromatic rings. The van der Waals surface area contributed by atoms with Crippen molar-refractivity contribution < 1.29 is 37.8 Å². The largest absolute Gasteiger partial charge is 0.453 e. The standard InChI is InChI=1S/C44H53F2N7O6Si/c1-22(2)37(50-36(55)19-54)40(56)30-16-27(45)17-31(30)41-48-33-13-10-25-14-24(8-12-29(25)39(33)51-41)28-11-9-26(15-32(28)46)34-18-47-42(49-34)35-20-60(6,7)21-53(35)43(57)38(23(3)4)52-44(58)59-5/h8-15,18,22-23,27,30-31,35,37-38,54H,16-17,19-21H2,1-7H3,(H,47,49)(H,48,51)(H,50,55)(H,52,58)/t27-,30?,31+,35-,37-,38-/m0/s1. The molecule has 318 valence electrons. The van der Waals surface area contributed by atoms with E-state index in [1.54, 1.807) is 26.1 Å². The van der Waals surface area contributed by atoms with E-state index in [0.29, 0.717) is 45.7 Å². The van der Waals surface area contributed by atoms with E-state index in [4.69, 9.17) is 9.72 Å². The Morgan fingerprint density at radius 3 is 2.37 bits per heavy atom. The zero-order chi connectivity index (χ0) is 43.2. The van der Waals surface area contributed by atoms with Crippen LogP contribution in [0.3, 0.4) is 0 Å². The number of benzene rings is 3. The Kier molecular flexibility index (Phi) is 12.0. The lowest BCUT2D eigenvalue weighted by Gasteiger charge is -2.30. The van der Waals surface area contributed by atoms with Crippen LogP contribution < -0.4 is 10.6 Å². The van der Waals surface area contributed by atoms with Crippen molar-refractivity contribution in [3.8, 4) is 22.4 Å². The summed E-state index contributed by atoms with van der Waals surface area (Å²) in [4.78, 5) is 69.7. The van der Waals surface area contributed by atoms with Crippen molar-refractivity contribution in [2.45, 2.75) is 89.9 Å². The van der Waals surface area contributed by atoms with Crippen LogP contribution >= 0.6 is 0 Å². The minimum Gasteiger partial charge on any atom is -0.453 e. The van der Waals surface area contributed by atoms with Gasteiger partial charge in [0, 0.05) is 34.5 Å². The highest BCUT2D eigenvalue weighted by molar-refractivity contribution is 6.78. The number of carbonyl (C=O) groups is 4. The number of aliphatic hydroxyl groups excluding tert-OH is 1. The van der Waals surface area contributed by atoms with E-state index in [1.165, 1.54) is 13.2 Å². The van der Waals surface area contributed by atoms with Gasteiger partial charge in [0.1, 0.15) is 36.3 Å². The summed E-state index contributed by atoms with van der Waals surface area (Å²) < 4.78 is 35.8. The van der Waals surface area contributed by atoms with E-state index >= 15 is 4.39 Å². The van der Waals surface area contributed by atoms with Gasteiger partial charge < -0.3 is 35.3 Å². The highest BCUT2D eigenvalue weighted by Crippen LogP contribution is 2.43. The molecule has 60 heavy (non-hydrogen) atoms. The Hall–Kier alpha value is -5.48. The molecule has 1 saturated heterocycles. The predicted molar refractivity (Wildman–Crippen MR) is 227 cm³/mol. The van der Waals surface area contributed by atoms with Crippen molar-refractivity contribution in [2.24, 2.45) is 17.8 Å². The molecule has 2 fully saturated rings. The molecular formula is C44H53F2N7O6Si. The number of aromatic amines is 2. The number of halogens is 2. The van der Waals surface area contributed by atoms with Crippen LogP contribution in [-0.4, -0.2) is 99.8 Å². The molecule has 6 atom stereocenters. The first kappa shape index (κ1) is 42.6. The van der Waals surface area contributed by atoms with Crippen molar-refractivity contribution in [1.82, 2.24) is 35.5 Å². The number of amides is 3. The van der Waals surface area contributed by atoms with Crippen molar-refractivity contribution in [3.63, 3.8) is 0 Å². The summed E-state index contributed by atoms with van der Waals surface area (Å²) >= 11 is 0. The molecule has 13 nitrogen and oxygen atoms in total. The molecule has 1 aliphatic carbocycles. The maximum absolute atomic E-state index is 16.0. The number of imidazole rings is 2. The number of rotatable bonds is 12. The second kappa shape index (κ2) is 16.9. The topological polar surface area (TPSA) is 182 Å². The molecule has 0 bridgehead atoms. The van der Waals surface area contributed by atoms with Gasteiger partial charge in [0.05, 0.1) is 50.2 Å². The van der Waals surface area contributed by atoms with Crippen molar-refractivity contribution in [1.29, 1.82) is 0 Å². The van der Waals surface area contributed by atoms with Crippen LogP contribution in [-0.2, 0) is 19.1 Å². The number of fused-ring (bicyclic) bond motifs is 3. The second-order valence-electron chi connectivity index (χ2n) is 17.7. The quantitative estimate of drug-likeness (QED) is 0.0836. The normalized spacial score (nSPS) is 21.2. The van der Waals surface area contributed by atoms with E-state index in [-0.39, 0.29) is 42.4 Å². The van der Waals surface area contributed by atoms with Gasteiger partial charge in [-0.15, -0.1) is 0 Å². The number of aliphatic hydroxyl groups is 1. The van der Waals surface area contributed by atoms with Gasteiger partial charge in [-0.05, 0) is 59.9 Å². The Morgan fingerprint density at radius 1 is 0.950 bits per heavy atom. The summed E-state index contributed by atoms with van der Waals surface area (Å²) in [6.07, 6.45) is 0.514. The summed E-state index contributed by atoms with van der Waals surface area (Å²) in [5, 5.41) is 16.2. The average Bonchev–Trinajstić information content (AvgIpc) is 4.02. The molecule has 1 saturated carbocycles. The Balaban J connectivity index is 1.12. The maximum atomic E-state index is 16.0. The fraction of sp³-hybridized carbons (Fsp3) is 0.455. The molecule has 2 aliphatic rings. The number of Topliss-reactive ketones (excluding diaryl/α,β-unsaturated/α-hetero) is 1. The minimum atomic E-state index is -1.84. The smallest absolute Gasteiger partial charge is 0.407 e. The lowest BCUT2D eigenvalue weighted by atomic mass is 9.84. The number of hydrogen-bond donors (Lipinski definition) is 5. The van der Waals surface area contributed by atoms with E-state index in [9.17, 15) is 28.7 Å². The lowest BCUT2D eigenvalue weighted by molar-refractivity contribution is -0.135. The summed E-state index contributed by atoms with van der Waals surface area (Å²) in [7, 11) is -0.570. The number of ether oxygens (including phenoxy) is 1. The molecule has 1 unspecified atom stereocenters. The van der Waals surface area contributed by atoms with Crippen LogP contribution in [0.5, 0.6) is 0 Å². The molecule has 0 radical (unpaired) electrons. The number of ketones is 1. The summed E-state index contributed by atoms with van der Waals surface area (Å²) in [5.41, 5.74) is 3.63. The highest BCUT2D eigenvalue weighted by atomic mass is 28.3.